The highest BCUT2D eigenvalue weighted by molar-refractivity contribution is 5.79. The van der Waals surface area contributed by atoms with E-state index in [0.717, 1.165) is 37.7 Å². The average Bonchev–Trinajstić information content (AvgIpc) is 3.23. The summed E-state index contributed by atoms with van der Waals surface area (Å²) in [7, 11) is 1.83. The first kappa shape index (κ1) is 18.5. The first-order valence-electron chi connectivity index (χ1n) is 9.61. The van der Waals surface area contributed by atoms with Crippen molar-refractivity contribution in [1.82, 2.24) is 25.3 Å². The number of piperidine rings is 1. The molecule has 0 radical (unpaired) electrons. The number of nitrogens with one attached hydrogen (secondary N) is 2. The van der Waals surface area contributed by atoms with Crippen LogP contribution in [0.5, 0.6) is 0 Å². The zero-order chi connectivity index (χ0) is 18.0. The van der Waals surface area contributed by atoms with E-state index < -0.39 is 0 Å². The molecule has 1 aliphatic rings. The zero-order valence-electron chi connectivity index (χ0n) is 15.7. The third-order valence-corrected chi connectivity index (χ3v) is 4.80. The van der Waals surface area contributed by atoms with Gasteiger partial charge < -0.3 is 15.5 Å². The first-order chi connectivity index (χ1) is 12.8. The van der Waals surface area contributed by atoms with Gasteiger partial charge in [0.2, 0.25) is 0 Å². The molecule has 1 aliphatic heterocycles. The van der Waals surface area contributed by atoms with Crippen molar-refractivity contribution in [2.45, 2.75) is 25.7 Å². The molecule has 2 aromatic rings. The molecule has 1 fully saturated rings. The van der Waals surface area contributed by atoms with E-state index in [1.807, 2.05) is 24.0 Å². The molecule has 0 amide bonds. The monoisotopic (exact) mass is 354 g/mol. The normalized spacial score (nSPS) is 15.8. The lowest BCUT2D eigenvalue weighted by molar-refractivity contribution is 0.232. The molecule has 0 bridgehead atoms. The minimum absolute atomic E-state index is 0.866. The van der Waals surface area contributed by atoms with Crippen molar-refractivity contribution in [3.63, 3.8) is 0 Å². The van der Waals surface area contributed by atoms with Gasteiger partial charge in [-0.15, -0.1) is 0 Å². The zero-order valence-corrected chi connectivity index (χ0v) is 15.7. The van der Waals surface area contributed by atoms with Crippen LogP contribution in [0.2, 0.25) is 0 Å². The quantitative estimate of drug-likeness (QED) is 0.590. The van der Waals surface area contributed by atoms with Gasteiger partial charge in [0.05, 0.1) is 5.69 Å². The van der Waals surface area contributed by atoms with Gasteiger partial charge in [0.15, 0.2) is 5.96 Å². The minimum Gasteiger partial charge on any atom is -0.356 e. The van der Waals surface area contributed by atoms with Crippen LogP contribution in [0.1, 0.15) is 24.8 Å². The third kappa shape index (κ3) is 5.59. The van der Waals surface area contributed by atoms with Crippen LogP contribution in [0.15, 0.2) is 47.7 Å². The molecule has 0 saturated carbocycles. The Morgan fingerprint density at radius 1 is 1.08 bits per heavy atom. The predicted octanol–water partition coefficient (Wildman–Crippen LogP) is 2.07. The summed E-state index contributed by atoms with van der Waals surface area (Å²) in [5, 5.41) is 11.1. The van der Waals surface area contributed by atoms with Crippen LogP contribution in [-0.4, -0.2) is 60.4 Å². The average molecular weight is 355 g/mol. The Balaban J connectivity index is 1.36. The standard InChI is InChI=1S/C20H30N6/c1-21-20(23-13-17-25-14-3-2-4-15-25)22-12-10-18-6-8-19(9-7-18)26-16-5-11-24-26/h5-9,11,16H,2-4,10,12-15,17H2,1H3,(H2,21,22,23). The fourth-order valence-corrected chi connectivity index (χ4v) is 3.30. The number of hydrogen-bond acceptors (Lipinski definition) is 3. The second kappa shape index (κ2) is 9.97. The van der Waals surface area contributed by atoms with E-state index in [-0.39, 0.29) is 0 Å². The highest BCUT2D eigenvalue weighted by atomic mass is 15.3. The molecule has 6 nitrogen and oxygen atoms in total. The summed E-state index contributed by atoms with van der Waals surface area (Å²) in [6, 6.07) is 10.5. The van der Waals surface area contributed by atoms with E-state index in [9.17, 15) is 0 Å². The molecule has 0 atom stereocenters. The van der Waals surface area contributed by atoms with Gasteiger partial charge >= 0.3 is 0 Å². The molecular formula is C20H30N6. The van der Waals surface area contributed by atoms with Gasteiger partial charge in [0, 0.05) is 39.1 Å². The molecule has 26 heavy (non-hydrogen) atoms. The summed E-state index contributed by atoms with van der Waals surface area (Å²) < 4.78 is 1.87. The van der Waals surface area contributed by atoms with E-state index >= 15 is 0 Å². The van der Waals surface area contributed by atoms with E-state index in [0.29, 0.717) is 0 Å². The molecule has 2 N–H and O–H groups in total. The number of nitrogens with zero attached hydrogens (tertiary/aromatic N) is 4. The Labute approximate surface area is 156 Å². The van der Waals surface area contributed by atoms with Gasteiger partial charge in [-0.1, -0.05) is 18.6 Å². The van der Waals surface area contributed by atoms with Gasteiger partial charge in [-0.3, -0.25) is 4.99 Å². The largest absolute Gasteiger partial charge is 0.356 e. The molecule has 6 heteroatoms. The van der Waals surface area contributed by atoms with Crippen molar-refractivity contribution in [3.8, 4) is 5.69 Å². The number of rotatable bonds is 7. The number of aliphatic imine (C=N–C) groups is 1. The molecule has 1 aromatic heterocycles. The van der Waals surface area contributed by atoms with Crippen LogP contribution in [0.4, 0.5) is 0 Å². The number of hydrogen-bond donors (Lipinski definition) is 2. The number of aromatic nitrogens is 2. The Morgan fingerprint density at radius 2 is 1.85 bits per heavy atom. The maximum atomic E-state index is 4.31. The van der Waals surface area contributed by atoms with Crippen LogP contribution >= 0.6 is 0 Å². The van der Waals surface area contributed by atoms with Crippen molar-refractivity contribution in [3.05, 3.63) is 48.3 Å². The maximum Gasteiger partial charge on any atom is 0.191 e. The molecule has 2 heterocycles. The van der Waals surface area contributed by atoms with Crippen LogP contribution in [0.3, 0.4) is 0 Å². The van der Waals surface area contributed by atoms with Crippen LogP contribution in [0.25, 0.3) is 5.69 Å². The Kier molecular flexibility index (Phi) is 7.07. The number of benzene rings is 1. The molecule has 0 aliphatic carbocycles. The van der Waals surface area contributed by atoms with Crippen molar-refractivity contribution in [1.29, 1.82) is 0 Å². The third-order valence-electron chi connectivity index (χ3n) is 4.80. The van der Waals surface area contributed by atoms with Gasteiger partial charge in [-0.2, -0.15) is 5.10 Å². The SMILES string of the molecule is CN=C(NCCc1ccc(-n2cccn2)cc1)NCCN1CCCCC1. The van der Waals surface area contributed by atoms with Gasteiger partial charge in [0.25, 0.3) is 0 Å². The Morgan fingerprint density at radius 3 is 2.54 bits per heavy atom. The van der Waals surface area contributed by atoms with Crippen molar-refractivity contribution in [2.24, 2.45) is 4.99 Å². The molecule has 3 rings (SSSR count). The lowest BCUT2D eigenvalue weighted by Crippen LogP contribution is -2.43. The number of likely N-dealkylation sites (tertiary alicyclic amines) is 1. The fraction of sp³-hybridized carbons (Fsp3) is 0.500. The van der Waals surface area contributed by atoms with E-state index in [2.05, 4.69) is 49.9 Å². The lowest BCUT2D eigenvalue weighted by Gasteiger charge is -2.26. The lowest BCUT2D eigenvalue weighted by atomic mass is 10.1. The molecule has 140 valence electrons. The first-order valence-corrected chi connectivity index (χ1v) is 9.61. The van der Waals surface area contributed by atoms with Gasteiger partial charge in [-0.25, -0.2) is 4.68 Å². The Hall–Kier alpha value is -2.34. The molecule has 0 unspecified atom stereocenters. The fourth-order valence-electron chi connectivity index (χ4n) is 3.30. The summed E-state index contributed by atoms with van der Waals surface area (Å²) >= 11 is 0. The van der Waals surface area contributed by atoms with Gasteiger partial charge in [0.1, 0.15) is 0 Å². The van der Waals surface area contributed by atoms with E-state index in [4.69, 9.17) is 0 Å². The molecule has 0 spiro atoms. The summed E-state index contributed by atoms with van der Waals surface area (Å²) in [5.74, 6) is 0.884. The molecular weight excluding hydrogens is 324 g/mol. The summed E-state index contributed by atoms with van der Waals surface area (Å²) in [6.07, 6.45) is 8.78. The molecule has 1 aromatic carbocycles. The highest BCUT2D eigenvalue weighted by Crippen LogP contribution is 2.09. The van der Waals surface area contributed by atoms with Crippen LogP contribution in [-0.2, 0) is 6.42 Å². The summed E-state index contributed by atoms with van der Waals surface area (Å²) in [6.45, 7) is 5.38. The predicted molar refractivity (Wildman–Crippen MR) is 107 cm³/mol. The van der Waals surface area contributed by atoms with E-state index in [1.165, 1.54) is 37.9 Å². The summed E-state index contributed by atoms with van der Waals surface area (Å²) in [5.41, 5.74) is 2.39. The second-order valence-electron chi connectivity index (χ2n) is 6.70. The number of guanidine groups is 1. The van der Waals surface area contributed by atoms with E-state index in [1.54, 1.807) is 6.20 Å². The van der Waals surface area contributed by atoms with Crippen molar-refractivity contribution < 1.29 is 0 Å². The smallest absolute Gasteiger partial charge is 0.191 e. The van der Waals surface area contributed by atoms with Gasteiger partial charge in [-0.05, 0) is 56.1 Å². The topological polar surface area (TPSA) is 57.5 Å². The Bertz CT molecular complexity index is 656. The van der Waals surface area contributed by atoms with Crippen molar-refractivity contribution >= 4 is 5.96 Å². The summed E-state index contributed by atoms with van der Waals surface area (Å²) in [4.78, 5) is 6.85. The van der Waals surface area contributed by atoms with Crippen LogP contribution < -0.4 is 10.6 Å². The second-order valence-corrected chi connectivity index (χ2v) is 6.70. The van der Waals surface area contributed by atoms with Crippen LogP contribution in [0, 0.1) is 0 Å². The van der Waals surface area contributed by atoms with Crippen molar-refractivity contribution in [2.75, 3.05) is 39.8 Å². The molecule has 1 saturated heterocycles. The highest BCUT2D eigenvalue weighted by Gasteiger charge is 2.09. The maximum absolute atomic E-state index is 4.31. The minimum atomic E-state index is 0.866.